The van der Waals surface area contributed by atoms with Gasteiger partial charge in [-0.3, -0.25) is 9.59 Å². The number of carbonyl (C=O) groups is 1. The summed E-state index contributed by atoms with van der Waals surface area (Å²) in [6.07, 6.45) is 1.05. The summed E-state index contributed by atoms with van der Waals surface area (Å²) < 4.78 is 0. The standard InChI is InChI=1S/C13H7NO3S/c15-11-7(5-14-17)6-18-13-9-4-2-1-3-8(9)12(16)10(11)13/h1-6,17H/b14-5+. The minimum Gasteiger partial charge on any atom is -0.411 e. The summed E-state index contributed by atoms with van der Waals surface area (Å²) in [7, 11) is 0. The van der Waals surface area contributed by atoms with Gasteiger partial charge in [0.1, 0.15) is 0 Å². The molecule has 5 heteroatoms. The first-order valence-electron chi connectivity index (χ1n) is 5.21. The van der Waals surface area contributed by atoms with E-state index in [0.29, 0.717) is 10.4 Å². The summed E-state index contributed by atoms with van der Waals surface area (Å²) in [5.74, 6) is -0.255. The molecule has 2 aromatic rings. The third kappa shape index (κ3) is 1.34. The maximum Gasteiger partial charge on any atom is 0.200 e. The van der Waals surface area contributed by atoms with Crippen LogP contribution in [0.15, 0.2) is 39.6 Å². The van der Waals surface area contributed by atoms with Gasteiger partial charge in [0.25, 0.3) is 0 Å². The Morgan fingerprint density at radius 2 is 1.89 bits per heavy atom. The molecule has 88 valence electrons. The number of ketones is 1. The largest absolute Gasteiger partial charge is 0.411 e. The number of carbonyl (C=O) groups excluding carboxylic acids is 1. The van der Waals surface area contributed by atoms with Gasteiger partial charge in [-0.1, -0.05) is 29.4 Å². The van der Waals surface area contributed by atoms with Gasteiger partial charge in [0.05, 0.1) is 22.2 Å². The SMILES string of the molecule is O=C1c2ccccc2-c2scc(/C=N/O)c(=O)c21. The molecule has 0 radical (unpaired) electrons. The molecule has 4 nitrogen and oxygen atoms in total. The zero-order valence-electron chi connectivity index (χ0n) is 9.08. The first-order valence-corrected chi connectivity index (χ1v) is 6.09. The predicted molar refractivity (Wildman–Crippen MR) is 68.8 cm³/mol. The highest BCUT2D eigenvalue weighted by atomic mass is 32.1. The smallest absolute Gasteiger partial charge is 0.200 e. The lowest BCUT2D eigenvalue weighted by Crippen LogP contribution is -2.16. The van der Waals surface area contributed by atoms with E-state index in [4.69, 9.17) is 5.21 Å². The summed E-state index contributed by atoms with van der Waals surface area (Å²) >= 11 is 1.31. The van der Waals surface area contributed by atoms with E-state index in [-0.39, 0.29) is 22.3 Å². The third-order valence-electron chi connectivity index (χ3n) is 2.86. The Hall–Kier alpha value is -2.27. The normalized spacial score (nSPS) is 12.8. The van der Waals surface area contributed by atoms with Gasteiger partial charge in [-0.2, -0.15) is 0 Å². The van der Waals surface area contributed by atoms with Gasteiger partial charge < -0.3 is 5.21 Å². The monoisotopic (exact) mass is 257 g/mol. The molecule has 0 amide bonds. The first-order chi connectivity index (χ1) is 8.74. The lowest BCUT2D eigenvalue weighted by molar-refractivity contribution is 0.104. The second-order valence-corrected chi connectivity index (χ2v) is 4.72. The van der Waals surface area contributed by atoms with Gasteiger partial charge in [0, 0.05) is 16.5 Å². The first kappa shape index (κ1) is 10.9. The van der Waals surface area contributed by atoms with E-state index >= 15 is 0 Å². The van der Waals surface area contributed by atoms with Gasteiger partial charge in [-0.25, -0.2) is 0 Å². The van der Waals surface area contributed by atoms with Crippen LogP contribution in [0.25, 0.3) is 10.4 Å². The molecular weight excluding hydrogens is 250 g/mol. The summed E-state index contributed by atoms with van der Waals surface area (Å²) in [4.78, 5) is 25.0. The highest BCUT2D eigenvalue weighted by molar-refractivity contribution is 7.14. The van der Waals surface area contributed by atoms with Gasteiger partial charge in [0.15, 0.2) is 5.78 Å². The molecule has 0 fully saturated rings. The molecule has 1 N–H and O–H groups in total. The van der Waals surface area contributed by atoms with Crippen LogP contribution in [-0.2, 0) is 0 Å². The lowest BCUT2D eigenvalue weighted by Gasteiger charge is -1.97. The van der Waals surface area contributed by atoms with Gasteiger partial charge in [-0.05, 0) is 0 Å². The highest BCUT2D eigenvalue weighted by Crippen LogP contribution is 2.37. The topological polar surface area (TPSA) is 66.7 Å². The van der Waals surface area contributed by atoms with Crippen LogP contribution in [0.5, 0.6) is 0 Å². The Morgan fingerprint density at radius 1 is 1.17 bits per heavy atom. The van der Waals surface area contributed by atoms with E-state index in [1.165, 1.54) is 11.3 Å². The van der Waals surface area contributed by atoms with Crippen LogP contribution in [0.2, 0.25) is 0 Å². The van der Waals surface area contributed by atoms with Crippen molar-refractivity contribution in [2.24, 2.45) is 5.16 Å². The van der Waals surface area contributed by atoms with Crippen molar-refractivity contribution < 1.29 is 10.0 Å². The lowest BCUT2D eigenvalue weighted by atomic mass is 10.1. The Balaban J connectivity index is 2.35. The Labute approximate surface area is 106 Å². The van der Waals surface area contributed by atoms with Crippen molar-refractivity contribution >= 4 is 23.3 Å². The van der Waals surface area contributed by atoms with Crippen molar-refractivity contribution in [1.82, 2.24) is 0 Å². The molecule has 18 heavy (non-hydrogen) atoms. The average molecular weight is 257 g/mol. The minimum absolute atomic E-state index is 0.179. The zero-order chi connectivity index (χ0) is 12.7. The predicted octanol–water partition coefficient (Wildman–Crippen LogP) is 2.13. The number of hydrogen-bond acceptors (Lipinski definition) is 5. The highest BCUT2D eigenvalue weighted by Gasteiger charge is 2.30. The molecule has 1 aliphatic rings. The maximum absolute atomic E-state index is 12.2. The zero-order valence-corrected chi connectivity index (χ0v) is 9.90. The van der Waals surface area contributed by atoms with E-state index in [1.807, 2.05) is 12.1 Å². The van der Waals surface area contributed by atoms with Crippen LogP contribution in [0, 0.1) is 0 Å². The summed E-state index contributed by atoms with van der Waals surface area (Å²) in [6.45, 7) is 0. The third-order valence-corrected chi connectivity index (χ3v) is 3.89. The molecule has 1 aliphatic carbocycles. The number of oxime groups is 1. The van der Waals surface area contributed by atoms with Crippen molar-refractivity contribution in [2.45, 2.75) is 0 Å². The molecule has 0 unspecified atom stereocenters. The van der Waals surface area contributed by atoms with E-state index in [1.54, 1.807) is 17.5 Å². The molecule has 1 aromatic carbocycles. The van der Waals surface area contributed by atoms with Gasteiger partial charge in [0.2, 0.25) is 5.43 Å². The number of fused-ring (bicyclic) bond motifs is 3. The van der Waals surface area contributed by atoms with E-state index in [9.17, 15) is 9.59 Å². The second kappa shape index (κ2) is 3.89. The molecule has 0 saturated heterocycles. The van der Waals surface area contributed by atoms with E-state index in [2.05, 4.69) is 5.16 Å². The molecule has 1 heterocycles. The summed E-state index contributed by atoms with van der Waals surface area (Å²) in [5, 5.41) is 12.9. The van der Waals surface area contributed by atoms with Gasteiger partial charge >= 0.3 is 0 Å². The van der Waals surface area contributed by atoms with Crippen LogP contribution < -0.4 is 5.43 Å². The molecule has 3 rings (SSSR count). The van der Waals surface area contributed by atoms with Crippen LogP contribution in [0.1, 0.15) is 21.5 Å². The second-order valence-electron chi connectivity index (χ2n) is 3.84. The molecule has 0 bridgehead atoms. The van der Waals surface area contributed by atoms with Crippen LogP contribution in [0.3, 0.4) is 0 Å². The average Bonchev–Trinajstić information content (AvgIpc) is 2.68. The van der Waals surface area contributed by atoms with Crippen molar-refractivity contribution in [2.75, 3.05) is 0 Å². The van der Waals surface area contributed by atoms with Gasteiger partial charge in [-0.15, -0.1) is 11.3 Å². The molecule has 0 aliphatic heterocycles. The molecular formula is C13H7NO3S. The quantitative estimate of drug-likeness (QED) is 0.412. The molecule has 0 atom stereocenters. The summed E-state index contributed by atoms with van der Waals surface area (Å²) in [6, 6.07) is 7.15. The number of benzene rings is 1. The van der Waals surface area contributed by atoms with E-state index in [0.717, 1.165) is 11.8 Å². The molecule has 0 saturated carbocycles. The van der Waals surface area contributed by atoms with E-state index < -0.39 is 0 Å². The number of rotatable bonds is 1. The van der Waals surface area contributed by atoms with Crippen molar-refractivity contribution in [3.63, 3.8) is 0 Å². The van der Waals surface area contributed by atoms with Crippen LogP contribution in [0.4, 0.5) is 0 Å². The van der Waals surface area contributed by atoms with Crippen molar-refractivity contribution in [3.05, 3.63) is 56.6 Å². The minimum atomic E-state index is -0.386. The number of nitrogens with zero attached hydrogens (tertiary/aromatic N) is 1. The molecule has 1 aromatic heterocycles. The fourth-order valence-corrected chi connectivity index (χ4v) is 3.07. The Bertz CT molecular complexity index is 746. The fraction of sp³-hybridized carbons (Fsp3) is 0. The number of hydrogen-bond donors (Lipinski definition) is 1. The Morgan fingerprint density at radius 3 is 2.61 bits per heavy atom. The van der Waals surface area contributed by atoms with Crippen molar-refractivity contribution in [1.29, 1.82) is 0 Å². The maximum atomic E-state index is 12.2. The molecule has 0 spiro atoms. The Kier molecular flexibility index (Phi) is 2.34. The van der Waals surface area contributed by atoms with Crippen LogP contribution in [-0.4, -0.2) is 17.2 Å². The van der Waals surface area contributed by atoms with Crippen LogP contribution >= 0.6 is 11.3 Å². The fourth-order valence-electron chi connectivity index (χ4n) is 2.05. The summed E-state index contributed by atoms with van der Waals surface area (Å²) in [5.41, 5.74) is 1.37. The van der Waals surface area contributed by atoms with Crippen molar-refractivity contribution in [3.8, 4) is 10.4 Å².